The van der Waals surface area contributed by atoms with Crippen LogP contribution in [0.25, 0.3) is 0 Å². The van der Waals surface area contributed by atoms with Crippen LogP contribution in [-0.4, -0.2) is 67.8 Å². The Morgan fingerprint density at radius 2 is 2.18 bits per heavy atom. The van der Waals surface area contributed by atoms with Crippen molar-refractivity contribution in [3.8, 4) is 0 Å². The summed E-state index contributed by atoms with van der Waals surface area (Å²) in [5.74, 6) is -1.75. The SMILES string of the molecule is C[C@@H](N)C(=O)OC[C@H]1O[C@@H](n2cnc(C(N)=O)n2)[C@H](O)[C@@H]1O. The maximum Gasteiger partial charge on any atom is 0.322 e. The number of amides is 1. The summed E-state index contributed by atoms with van der Waals surface area (Å²) in [6.07, 6.45) is -3.58. The highest BCUT2D eigenvalue weighted by Crippen LogP contribution is 2.28. The molecule has 5 atom stereocenters. The second-order valence-corrected chi connectivity index (χ2v) is 4.88. The van der Waals surface area contributed by atoms with Gasteiger partial charge in [0.25, 0.3) is 5.91 Å². The summed E-state index contributed by atoms with van der Waals surface area (Å²) in [5.41, 5.74) is 10.4. The van der Waals surface area contributed by atoms with E-state index in [1.807, 2.05) is 0 Å². The Balaban J connectivity index is 2.03. The average Bonchev–Trinajstić information content (AvgIpc) is 3.04. The van der Waals surface area contributed by atoms with Gasteiger partial charge in [0, 0.05) is 0 Å². The van der Waals surface area contributed by atoms with Crippen molar-refractivity contribution in [2.24, 2.45) is 11.5 Å². The van der Waals surface area contributed by atoms with Gasteiger partial charge in [0.05, 0.1) is 0 Å². The summed E-state index contributed by atoms with van der Waals surface area (Å²) in [6, 6.07) is -0.812. The average molecular weight is 315 g/mol. The number of esters is 1. The van der Waals surface area contributed by atoms with Crippen LogP contribution in [0.2, 0.25) is 0 Å². The van der Waals surface area contributed by atoms with E-state index in [2.05, 4.69) is 10.1 Å². The van der Waals surface area contributed by atoms with E-state index in [4.69, 9.17) is 20.9 Å². The van der Waals surface area contributed by atoms with E-state index in [1.165, 1.54) is 6.92 Å². The number of nitrogens with two attached hydrogens (primary N) is 2. The molecule has 122 valence electrons. The summed E-state index contributed by atoms with van der Waals surface area (Å²) < 4.78 is 11.3. The van der Waals surface area contributed by atoms with Gasteiger partial charge in [-0.3, -0.25) is 9.59 Å². The van der Waals surface area contributed by atoms with Gasteiger partial charge in [-0.15, -0.1) is 5.10 Å². The van der Waals surface area contributed by atoms with Crippen molar-refractivity contribution in [2.45, 2.75) is 37.5 Å². The first kappa shape index (κ1) is 16.3. The fraction of sp³-hybridized carbons (Fsp3) is 0.636. The van der Waals surface area contributed by atoms with Crippen LogP contribution < -0.4 is 11.5 Å². The van der Waals surface area contributed by atoms with Crippen molar-refractivity contribution in [1.82, 2.24) is 14.8 Å². The Labute approximate surface area is 124 Å². The second-order valence-electron chi connectivity index (χ2n) is 4.88. The maximum atomic E-state index is 11.3. The van der Waals surface area contributed by atoms with Gasteiger partial charge in [0.15, 0.2) is 6.23 Å². The van der Waals surface area contributed by atoms with Gasteiger partial charge in [-0.2, -0.15) is 0 Å². The van der Waals surface area contributed by atoms with Crippen molar-refractivity contribution in [3.05, 3.63) is 12.2 Å². The molecule has 1 aliphatic rings. The number of aliphatic hydroxyl groups excluding tert-OH is 2. The zero-order chi connectivity index (χ0) is 16.4. The molecule has 11 nitrogen and oxygen atoms in total. The van der Waals surface area contributed by atoms with E-state index in [9.17, 15) is 19.8 Å². The lowest BCUT2D eigenvalue weighted by Crippen LogP contribution is -2.36. The minimum Gasteiger partial charge on any atom is -0.462 e. The maximum absolute atomic E-state index is 11.3. The predicted molar refractivity (Wildman–Crippen MR) is 69.1 cm³/mol. The molecule has 0 spiro atoms. The molecule has 1 saturated heterocycles. The topological polar surface area (TPSA) is 176 Å². The lowest BCUT2D eigenvalue weighted by Gasteiger charge is -2.15. The van der Waals surface area contributed by atoms with E-state index < -0.39 is 42.5 Å². The molecule has 1 aromatic rings. The number of carbonyl (C=O) groups is 2. The smallest absolute Gasteiger partial charge is 0.322 e. The molecular weight excluding hydrogens is 298 g/mol. The highest BCUT2D eigenvalue weighted by atomic mass is 16.6. The molecular formula is C11H17N5O6. The molecule has 0 unspecified atom stereocenters. The lowest BCUT2D eigenvalue weighted by molar-refractivity contribution is -0.151. The highest BCUT2D eigenvalue weighted by molar-refractivity contribution is 5.88. The molecule has 1 aromatic heterocycles. The zero-order valence-corrected chi connectivity index (χ0v) is 11.7. The van der Waals surface area contributed by atoms with Gasteiger partial charge in [-0.1, -0.05) is 0 Å². The standard InChI is InChI=1S/C11H17N5O6/c1-4(12)11(20)21-2-5-6(17)7(18)10(22-5)16-3-14-9(15-16)8(13)19/h3-7,10,17-18H,2,12H2,1H3,(H2,13,19)/t4-,5-,6-,7-,10-/m1/s1. The third-order valence-electron chi connectivity index (χ3n) is 3.09. The number of ether oxygens (including phenoxy) is 2. The van der Waals surface area contributed by atoms with Gasteiger partial charge in [0.2, 0.25) is 5.82 Å². The molecule has 1 aliphatic heterocycles. The number of aromatic nitrogens is 3. The number of primary amides is 1. The van der Waals surface area contributed by atoms with Crippen LogP contribution in [0.5, 0.6) is 0 Å². The van der Waals surface area contributed by atoms with E-state index >= 15 is 0 Å². The quantitative estimate of drug-likeness (QED) is 0.409. The number of hydrogen-bond donors (Lipinski definition) is 4. The second kappa shape index (κ2) is 6.36. The molecule has 11 heteroatoms. The Hall–Kier alpha value is -2.08. The molecule has 2 heterocycles. The molecule has 0 saturated carbocycles. The normalized spacial score (nSPS) is 29.3. The summed E-state index contributed by atoms with van der Waals surface area (Å²) in [4.78, 5) is 25.9. The number of carbonyl (C=O) groups excluding carboxylic acids is 2. The summed E-state index contributed by atoms with van der Waals surface area (Å²) in [7, 11) is 0. The van der Waals surface area contributed by atoms with Gasteiger partial charge < -0.3 is 31.2 Å². The molecule has 0 aliphatic carbocycles. The Kier molecular flexibility index (Phi) is 4.71. The fourth-order valence-electron chi connectivity index (χ4n) is 1.89. The van der Waals surface area contributed by atoms with Crippen LogP contribution in [-0.2, 0) is 14.3 Å². The van der Waals surface area contributed by atoms with Crippen molar-refractivity contribution < 1.29 is 29.3 Å². The molecule has 0 radical (unpaired) electrons. The van der Waals surface area contributed by atoms with Gasteiger partial charge in [0.1, 0.15) is 37.3 Å². The third kappa shape index (κ3) is 3.22. The number of rotatable bonds is 5. The van der Waals surface area contributed by atoms with Crippen LogP contribution in [0.3, 0.4) is 0 Å². The molecule has 1 amide bonds. The predicted octanol–water partition coefficient (Wildman–Crippen LogP) is -3.11. The monoisotopic (exact) mass is 315 g/mol. The summed E-state index contributed by atoms with van der Waals surface area (Å²) in [5, 5.41) is 23.6. The number of aliphatic hydroxyl groups is 2. The fourth-order valence-corrected chi connectivity index (χ4v) is 1.89. The summed E-state index contributed by atoms with van der Waals surface area (Å²) >= 11 is 0. The summed E-state index contributed by atoms with van der Waals surface area (Å²) in [6.45, 7) is 1.17. The molecule has 0 bridgehead atoms. The largest absolute Gasteiger partial charge is 0.462 e. The molecule has 0 aromatic carbocycles. The minimum absolute atomic E-state index is 0.253. The lowest BCUT2D eigenvalue weighted by atomic mass is 10.1. The van der Waals surface area contributed by atoms with E-state index in [0.717, 1.165) is 11.0 Å². The van der Waals surface area contributed by atoms with E-state index in [-0.39, 0.29) is 12.4 Å². The zero-order valence-electron chi connectivity index (χ0n) is 11.7. The highest BCUT2D eigenvalue weighted by Gasteiger charge is 2.45. The van der Waals surface area contributed by atoms with Gasteiger partial charge in [-0.25, -0.2) is 9.67 Å². The molecule has 2 rings (SSSR count). The number of nitrogens with zero attached hydrogens (tertiary/aromatic N) is 3. The van der Waals surface area contributed by atoms with Crippen LogP contribution in [0.4, 0.5) is 0 Å². The van der Waals surface area contributed by atoms with Crippen LogP contribution in [0.1, 0.15) is 23.8 Å². The van der Waals surface area contributed by atoms with Crippen LogP contribution in [0, 0.1) is 0 Å². The van der Waals surface area contributed by atoms with Crippen LogP contribution >= 0.6 is 0 Å². The number of hydrogen-bond acceptors (Lipinski definition) is 9. The Morgan fingerprint density at radius 1 is 1.50 bits per heavy atom. The Morgan fingerprint density at radius 3 is 2.73 bits per heavy atom. The molecule has 22 heavy (non-hydrogen) atoms. The van der Waals surface area contributed by atoms with Crippen molar-refractivity contribution >= 4 is 11.9 Å². The first-order valence-electron chi connectivity index (χ1n) is 6.46. The Bertz CT molecular complexity index is 561. The third-order valence-corrected chi connectivity index (χ3v) is 3.09. The molecule has 1 fully saturated rings. The first-order chi connectivity index (χ1) is 10.3. The van der Waals surface area contributed by atoms with E-state index in [1.54, 1.807) is 0 Å². The first-order valence-corrected chi connectivity index (χ1v) is 6.46. The van der Waals surface area contributed by atoms with Crippen LogP contribution in [0.15, 0.2) is 6.33 Å². The van der Waals surface area contributed by atoms with Crippen molar-refractivity contribution in [1.29, 1.82) is 0 Å². The van der Waals surface area contributed by atoms with Gasteiger partial charge in [-0.05, 0) is 6.92 Å². The molecule has 6 N–H and O–H groups in total. The van der Waals surface area contributed by atoms with Crippen molar-refractivity contribution in [3.63, 3.8) is 0 Å². The van der Waals surface area contributed by atoms with Crippen molar-refractivity contribution in [2.75, 3.05) is 6.61 Å². The van der Waals surface area contributed by atoms with Gasteiger partial charge >= 0.3 is 5.97 Å². The minimum atomic E-state index is -1.35. The van der Waals surface area contributed by atoms with E-state index in [0.29, 0.717) is 0 Å².